The molecule has 0 atom stereocenters. The number of carbonyl (C=O) groups excluding carboxylic acids is 2. The number of amides is 2. The average molecular weight is 388 g/mol. The van der Waals surface area contributed by atoms with Gasteiger partial charge in [-0.2, -0.15) is 0 Å². The fraction of sp³-hybridized carbons (Fsp3) is 0.529. The molecule has 1 N–H and O–H groups in total. The van der Waals surface area contributed by atoms with E-state index in [1.54, 1.807) is 23.1 Å². The second-order valence-corrected chi connectivity index (χ2v) is 7.76. The van der Waals surface area contributed by atoms with E-state index in [4.69, 9.17) is 27.9 Å². The van der Waals surface area contributed by atoms with Gasteiger partial charge < -0.3 is 15.0 Å². The molecule has 0 aromatic heterocycles. The molecule has 1 fully saturated rings. The highest BCUT2D eigenvalue weighted by molar-refractivity contribution is 6.35. The first kappa shape index (κ1) is 19.8. The van der Waals surface area contributed by atoms with Crippen LogP contribution in [0.4, 0.5) is 10.5 Å². The molecule has 2 rings (SSSR count). The summed E-state index contributed by atoms with van der Waals surface area (Å²) in [6.45, 7) is 8.02. The summed E-state index contributed by atoms with van der Waals surface area (Å²) in [6.07, 6.45) is -0.317. The number of piperazine rings is 1. The summed E-state index contributed by atoms with van der Waals surface area (Å²) >= 11 is 12.0. The minimum atomic E-state index is -0.510. The van der Waals surface area contributed by atoms with Crippen molar-refractivity contribution in [2.24, 2.45) is 0 Å². The Balaban J connectivity index is 1.80. The van der Waals surface area contributed by atoms with Crippen molar-refractivity contribution >= 4 is 40.9 Å². The summed E-state index contributed by atoms with van der Waals surface area (Å²) in [7, 11) is 0. The van der Waals surface area contributed by atoms with Gasteiger partial charge in [-0.05, 0) is 39.0 Å². The SMILES string of the molecule is CC(C)(C)OC(=O)N1CCN(CC(=O)Nc2cc(Cl)ccc2Cl)CC1. The highest BCUT2D eigenvalue weighted by atomic mass is 35.5. The van der Waals surface area contributed by atoms with Gasteiger partial charge in [0, 0.05) is 31.2 Å². The molecule has 1 aromatic rings. The molecule has 1 aliphatic rings. The molecule has 0 spiro atoms. The van der Waals surface area contributed by atoms with Gasteiger partial charge in [-0.1, -0.05) is 23.2 Å². The second kappa shape index (κ2) is 8.25. The zero-order chi connectivity index (χ0) is 18.6. The topological polar surface area (TPSA) is 61.9 Å². The van der Waals surface area contributed by atoms with Gasteiger partial charge in [0.2, 0.25) is 5.91 Å². The van der Waals surface area contributed by atoms with Crippen molar-refractivity contribution in [1.82, 2.24) is 9.80 Å². The van der Waals surface area contributed by atoms with E-state index in [-0.39, 0.29) is 18.5 Å². The van der Waals surface area contributed by atoms with Crippen molar-refractivity contribution in [2.75, 3.05) is 38.0 Å². The minimum absolute atomic E-state index is 0.171. The van der Waals surface area contributed by atoms with Gasteiger partial charge in [0.25, 0.3) is 0 Å². The van der Waals surface area contributed by atoms with E-state index >= 15 is 0 Å². The van der Waals surface area contributed by atoms with E-state index in [9.17, 15) is 9.59 Å². The normalized spacial score (nSPS) is 15.8. The first-order valence-electron chi connectivity index (χ1n) is 8.09. The zero-order valence-corrected chi connectivity index (χ0v) is 16.2. The molecule has 25 heavy (non-hydrogen) atoms. The van der Waals surface area contributed by atoms with Crippen LogP contribution in [0.2, 0.25) is 10.0 Å². The van der Waals surface area contributed by atoms with Crippen LogP contribution in [-0.4, -0.2) is 60.1 Å². The molecule has 1 aliphatic heterocycles. The van der Waals surface area contributed by atoms with Crippen LogP contribution in [0.15, 0.2) is 18.2 Å². The standard InChI is InChI=1S/C17H23Cl2N3O3/c1-17(2,3)25-16(24)22-8-6-21(7-9-22)11-15(23)20-14-10-12(18)4-5-13(14)19/h4-5,10H,6-9,11H2,1-3H3,(H,20,23). The van der Waals surface area contributed by atoms with Gasteiger partial charge in [-0.15, -0.1) is 0 Å². The van der Waals surface area contributed by atoms with E-state index in [1.165, 1.54) is 0 Å². The molecule has 1 saturated heterocycles. The Hall–Kier alpha value is -1.50. The maximum Gasteiger partial charge on any atom is 0.410 e. The number of benzene rings is 1. The third-order valence-electron chi connectivity index (χ3n) is 3.59. The molecule has 1 aromatic carbocycles. The second-order valence-electron chi connectivity index (χ2n) is 6.92. The van der Waals surface area contributed by atoms with Crippen molar-refractivity contribution in [1.29, 1.82) is 0 Å². The van der Waals surface area contributed by atoms with Crippen LogP contribution in [0.3, 0.4) is 0 Å². The molecule has 0 radical (unpaired) electrons. The summed E-state index contributed by atoms with van der Waals surface area (Å²) < 4.78 is 5.36. The van der Waals surface area contributed by atoms with Crippen LogP contribution >= 0.6 is 23.2 Å². The molecular weight excluding hydrogens is 365 g/mol. The third-order valence-corrected chi connectivity index (χ3v) is 4.16. The molecule has 138 valence electrons. The largest absolute Gasteiger partial charge is 0.444 e. The minimum Gasteiger partial charge on any atom is -0.444 e. The van der Waals surface area contributed by atoms with Gasteiger partial charge in [0.15, 0.2) is 0 Å². The van der Waals surface area contributed by atoms with E-state index in [1.807, 2.05) is 25.7 Å². The van der Waals surface area contributed by atoms with Crippen LogP contribution in [0, 0.1) is 0 Å². The molecule has 1 heterocycles. The lowest BCUT2D eigenvalue weighted by Gasteiger charge is -2.35. The maximum absolute atomic E-state index is 12.2. The fourth-order valence-corrected chi connectivity index (χ4v) is 2.74. The molecule has 0 bridgehead atoms. The monoisotopic (exact) mass is 387 g/mol. The predicted molar refractivity (Wildman–Crippen MR) is 99.3 cm³/mol. The molecule has 0 aliphatic carbocycles. The average Bonchev–Trinajstić information content (AvgIpc) is 2.50. The van der Waals surface area contributed by atoms with Gasteiger partial charge in [-0.3, -0.25) is 9.69 Å². The lowest BCUT2D eigenvalue weighted by molar-refractivity contribution is -0.117. The number of halogens is 2. The summed E-state index contributed by atoms with van der Waals surface area (Å²) in [6, 6.07) is 4.91. The van der Waals surface area contributed by atoms with E-state index < -0.39 is 5.60 Å². The summed E-state index contributed by atoms with van der Waals surface area (Å²) in [5.74, 6) is -0.171. The number of rotatable bonds is 3. The Bertz CT molecular complexity index is 639. The maximum atomic E-state index is 12.2. The Labute approximate surface area is 158 Å². The molecule has 6 nitrogen and oxygen atoms in total. The molecule has 2 amide bonds. The van der Waals surface area contributed by atoms with Gasteiger partial charge in [0.05, 0.1) is 17.3 Å². The van der Waals surface area contributed by atoms with Crippen LogP contribution in [0.5, 0.6) is 0 Å². The van der Waals surface area contributed by atoms with Crippen LogP contribution in [0.25, 0.3) is 0 Å². The fourth-order valence-electron chi connectivity index (χ4n) is 2.40. The smallest absolute Gasteiger partial charge is 0.410 e. The Kier molecular flexibility index (Phi) is 6.54. The van der Waals surface area contributed by atoms with Crippen molar-refractivity contribution in [2.45, 2.75) is 26.4 Å². The lowest BCUT2D eigenvalue weighted by atomic mass is 10.2. The number of carbonyl (C=O) groups is 2. The van der Waals surface area contributed by atoms with Gasteiger partial charge in [0.1, 0.15) is 5.60 Å². The number of nitrogens with one attached hydrogen (secondary N) is 1. The molecule has 0 saturated carbocycles. The first-order chi connectivity index (χ1) is 11.6. The van der Waals surface area contributed by atoms with Gasteiger partial charge >= 0.3 is 6.09 Å². The predicted octanol–water partition coefficient (Wildman–Crippen LogP) is 3.48. The van der Waals surface area contributed by atoms with E-state index in [2.05, 4.69) is 5.32 Å². The first-order valence-corrected chi connectivity index (χ1v) is 8.85. The van der Waals surface area contributed by atoms with Gasteiger partial charge in [-0.25, -0.2) is 4.79 Å². The number of hydrogen-bond acceptors (Lipinski definition) is 4. The van der Waals surface area contributed by atoms with Crippen molar-refractivity contribution in [3.8, 4) is 0 Å². The zero-order valence-electron chi connectivity index (χ0n) is 14.6. The van der Waals surface area contributed by atoms with Crippen LogP contribution < -0.4 is 5.32 Å². The van der Waals surface area contributed by atoms with Crippen LogP contribution in [0.1, 0.15) is 20.8 Å². The van der Waals surface area contributed by atoms with Crippen molar-refractivity contribution in [3.05, 3.63) is 28.2 Å². The Morgan fingerprint density at radius 3 is 2.40 bits per heavy atom. The quantitative estimate of drug-likeness (QED) is 0.861. The highest BCUT2D eigenvalue weighted by Crippen LogP contribution is 2.25. The molecule has 8 heteroatoms. The van der Waals surface area contributed by atoms with E-state index in [0.29, 0.717) is 41.9 Å². The Morgan fingerprint density at radius 2 is 1.80 bits per heavy atom. The third kappa shape index (κ3) is 6.38. The number of ether oxygens (including phenoxy) is 1. The molecular formula is C17H23Cl2N3O3. The highest BCUT2D eigenvalue weighted by Gasteiger charge is 2.26. The van der Waals surface area contributed by atoms with E-state index in [0.717, 1.165) is 0 Å². The summed E-state index contributed by atoms with van der Waals surface area (Å²) in [4.78, 5) is 27.9. The van der Waals surface area contributed by atoms with Crippen molar-refractivity contribution < 1.29 is 14.3 Å². The molecule has 0 unspecified atom stereocenters. The number of anilines is 1. The number of hydrogen-bond donors (Lipinski definition) is 1. The summed E-state index contributed by atoms with van der Waals surface area (Å²) in [5.41, 5.74) is -0.0174. The van der Waals surface area contributed by atoms with Crippen LogP contribution in [-0.2, 0) is 9.53 Å². The Morgan fingerprint density at radius 1 is 1.16 bits per heavy atom. The number of nitrogens with zero attached hydrogens (tertiary/aromatic N) is 2. The lowest BCUT2D eigenvalue weighted by Crippen LogP contribution is -2.51. The summed E-state index contributed by atoms with van der Waals surface area (Å²) in [5, 5.41) is 3.70. The van der Waals surface area contributed by atoms with Crippen molar-refractivity contribution in [3.63, 3.8) is 0 Å².